The predicted octanol–water partition coefficient (Wildman–Crippen LogP) is 2.28. The van der Waals surface area contributed by atoms with Crippen molar-refractivity contribution in [3.63, 3.8) is 0 Å². The van der Waals surface area contributed by atoms with Gasteiger partial charge in [-0.3, -0.25) is 4.79 Å². The molecule has 1 fully saturated rings. The van der Waals surface area contributed by atoms with E-state index in [1.807, 2.05) is 42.5 Å². The third kappa shape index (κ3) is 4.13. The molecule has 1 heterocycles. The largest absolute Gasteiger partial charge is 0.469 e. The van der Waals surface area contributed by atoms with Gasteiger partial charge in [-0.05, 0) is 29.7 Å². The number of benzene rings is 2. The maximum absolute atomic E-state index is 12.2. The first-order valence-electron chi connectivity index (χ1n) is 7.85. The highest BCUT2D eigenvalue weighted by atomic mass is 16.7. The quantitative estimate of drug-likeness (QED) is 0.480. The first kappa shape index (κ1) is 16.5. The number of aliphatic hydroxyl groups excluding tert-OH is 1. The zero-order chi connectivity index (χ0) is 16.9. The summed E-state index contributed by atoms with van der Waals surface area (Å²) in [7, 11) is 1.39. The van der Waals surface area contributed by atoms with E-state index in [4.69, 9.17) is 14.2 Å². The number of ether oxygens (including phenoxy) is 3. The van der Waals surface area contributed by atoms with Gasteiger partial charge in [0, 0.05) is 0 Å². The lowest BCUT2D eigenvalue weighted by molar-refractivity contribution is -0.142. The minimum atomic E-state index is -0.962. The van der Waals surface area contributed by atoms with Gasteiger partial charge in [0.25, 0.3) is 0 Å². The third-order valence-electron chi connectivity index (χ3n) is 3.98. The Hall–Kier alpha value is -2.37. The lowest BCUT2D eigenvalue weighted by Crippen LogP contribution is -2.22. The molecule has 1 N–H and O–H groups in total. The van der Waals surface area contributed by atoms with Crippen LogP contribution in [-0.4, -0.2) is 37.2 Å². The highest BCUT2D eigenvalue weighted by Gasteiger charge is 2.33. The van der Waals surface area contributed by atoms with Crippen LogP contribution >= 0.6 is 0 Å². The first-order chi connectivity index (χ1) is 11.7. The summed E-state index contributed by atoms with van der Waals surface area (Å²) < 4.78 is 15.3. The van der Waals surface area contributed by atoms with Crippen LogP contribution in [-0.2, 0) is 20.7 Å². The summed E-state index contributed by atoms with van der Waals surface area (Å²) in [4.78, 5) is 12.2. The van der Waals surface area contributed by atoms with Crippen LogP contribution in [0.5, 0.6) is 5.75 Å². The Kier molecular flexibility index (Phi) is 5.13. The van der Waals surface area contributed by atoms with Crippen molar-refractivity contribution in [2.24, 2.45) is 0 Å². The van der Waals surface area contributed by atoms with Crippen molar-refractivity contribution in [2.45, 2.75) is 24.7 Å². The van der Waals surface area contributed by atoms with Crippen LogP contribution in [0.1, 0.15) is 17.0 Å². The van der Waals surface area contributed by atoms with Crippen LogP contribution in [0.15, 0.2) is 54.6 Å². The Bertz CT molecular complexity index is 664. The summed E-state index contributed by atoms with van der Waals surface area (Å²) in [5.41, 5.74) is 1.91. The Morgan fingerprint density at radius 3 is 2.46 bits per heavy atom. The molecule has 2 aromatic carbocycles. The van der Waals surface area contributed by atoms with E-state index in [9.17, 15) is 9.90 Å². The van der Waals surface area contributed by atoms with Crippen molar-refractivity contribution in [3.8, 4) is 5.75 Å². The van der Waals surface area contributed by atoms with Crippen molar-refractivity contribution >= 4 is 5.97 Å². The molecule has 3 atom stereocenters. The standard InChI is InChI=1S/C19H20O5/c1-22-18(20)16(11-13-5-3-2-4-6-13)14-7-9-15(10-8-14)24-19(21)17-12-23-17/h2-10,16-17,19,21H,11-12H2,1H3/t16-,17+,19+/m0/s1. The second kappa shape index (κ2) is 7.47. The molecule has 0 aliphatic carbocycles. The Morgan fingerprint density at radius 2 is 1.88 bits per heavy atom. The van der Waals surface area contributed by atoms with Gasteiger partial charge in [-0.15, -0.1) is 0 Å². The highest BCUT2D eigenvalue weighted by molar-refractivity contribution is 5.78. The number of epoxide rings is 1. The molecular weight excluding hydrogens is 308 g/mol. The number of carbonyl (C=O) groups is 1. The van der Waals surface area contributed by atoms with Crippen molar-refractivity contribution < 1.29 is 24.1 Å². The van der Waals surface area contributed by atoms with Crippen LogP contribution < -0.4 is 4.74 Å². The second-order valence-electron chi connectivity index (χ2n) is 5.71. The molecule has 0 aromatic heterocycles. The summed E-state index contributed by atoms with van der Waals surface area (Å²) in [6, 6.07) is 16.9. The van der Waals surface area contributed by atoms with E-state index in [1.165, 1.54) is 7.11 Å². The lowest BCUT2D eigenvalue weighted by atomic mass is 9.92. The van der Waals surface area contributed by atoms with Gasteiger partial charge in [-0.25, -0.2) is 0 Å². The maximum atomic E-state index is 12.2. The number of esters is 1. The van der Waals surface area contributed by atoms with Crippen molar-refractivity contribution in [3.05, 3.63) is 65.7 Å². The molecular formula is C19H20O5. The summed E-state index contributed by atoms with van der Waals surface area (Å²) in [5, 5.41) is 9.72. The molecule has 5 nitrogen and oxygen atoms in total. The molecule has 5 heteroatoms. The summed E-state index contributed by atoms with van der Waals surface area (Å²) in [6.07, 6.45) is -0.645. The van der Waals surface area contributed by atoms with Crippen molar-refractivity contribution in [1.29, 1.82) is 0 Å². The van der Waals surface area contributed by atoms with E-state index < -0.39 is 6.29 Å². The predicted molar refractivity (Wildman–Crippen MR) is 87.7 cm³/mol. The average Bonchev–Trinajstić information content (AvgIpc) is 3.46. The van der Waals surface area contributed by atoms with Gasteiger partial charge < -0.3 is 19.3 Å². The molecule has 2 aromatic rings. The highest BCUT2D eigenvalue weighted by Crippen LogP contribution is 2.26. The summed E-state index contributed by atoms with van der Waals surface area (Å²) in [5.74, 6) is -0.132. The van der Waals surface area contributed by atoms with Gasteiger partial charge in [0.1, 0.15) is 11.9 Å². The van der Waals surface area contributed by atoms with Gasteiger partial charge in [0.2, 0.25) is 6.29 Å². The van der Waals surface area contributed by atoms with E-state index in [1.54, 1.807) is 12.1 Å². The monoisotopic (exact) mass is 328 g/mol. The zero-order valence-electron chi connectivity index (χ0n) is 13.4. The Balaban J connectivity index is 1.73. The van der Waals surface area contributed by atoms with Gasteiger partial charge in [0.05, 0.1) is 19.6 Å². The summed E-state index contributed by atoms with van der Waals surface area (Å²) >= 11 is 0. The van der Waals surface area contributed by atoms with Gasteiger partial charge >= 0.3 is 5.97 Å². The lowest BCUT2D eigenvalue weighted by Gasteiger charge is -2.16. The molecule has 0 amide bonds. The number of hydrogen-bond acceptors (Lipinski definition) is 5. The van der Waals surface area contributed by atoms with E-state index >= 15 is 0 Å². The second-order valence-corrected chi connectivity index (χ2v) is 5.71. The Morgan fingerprint density at radius 1 is 1.21 bits per heavy atom. The molecule has 24 heavy (non-hydrogen) atoms. The van der Waals surface area contributed by atoms with Crippen LogP contribution in [0.2, 0.25) is 0 Å². The molecule has 126 valence electrons. The number of aliphatic hydroxyl groups is 1. The van der Waals surface area contributed by atoms with Crippen molar-refractivity contribution in [2.75, 3.05) is 13.7 Å². The Labute approximate surface area is 140 Å². The van der Waals surface area contributed by atoms with Crippen LogP contribution in [0.25, 0.3) is 0 Å². The molecule has 3 rings (SSSR count). The van der Waals surface area contributed by atoms with Gasteiger partial charge in [-0.2, -0.15) is 0 Å². The van der Waals surface area contributed by atoms with Gasteiger partial charge in [-0.1, -0.05) is 42.5 Å². The molecule has 0 bridgehead atoms. The SMILES string of the molecule is COC(=O)[C@@H](Cc1ccccc1)c1ccc(O[C@@H](O)[C@H]2CO2)cc1. The maximum Gasteiger partial charge on any atom is 0.313 e. The molecule has 0 radical (unpaired) electrons. The van der Waals surface area contributed by atoms with E-state index in [0.29, 0.717) is 18.8 Å². The average molecular weight is 328 g/mol. The van der Waals surface area contributed by atoms with E-state index in [-0.39, 0.29) is 18.0 Å². The topological polar surface area (TPSA) is 68.3 Å². The van der Waals surface area contributed by atoms with Crippen molar-refractivity contribution in [1.82, 2.24) is 0 Å². The molecule has 1 aliphatic rings. The number of hydrogen-bond donors (Lipinski definition) is 1. The normalized spacial score (nSPS) is 18.5. The number of methoxy groups -OCH3 is 1. The molecule has 0 spiro atoms. The fourth-order valence-electron chi connectivity index (χ4n) is 2.54. The van der Waals surface area contributed by atoms with Crippen LogP contribution in [0.4, 0.5) is 0 Å². The fraction of sp³-hybridized carbons (Fsp3) is 0.316. The molecule has 0 unspecified atom stereocenters. The van der Waals surface area contributed by atoms with E-state index in [2.05, 4.69) is 0 Å². The van der Waals surface area contributed by atoms with Gasteiger partial charge in [0.15, 0.2) is 0 Å². The first-order valence-corrected chi connectivity index (χ1v) is 7.85. The zero-order valence-corrected chi connectivity index (χ0v) is 13.4. The number of carbonyl (C=O) groups excluding carboxylic acids is 1. The molecule has 1 aliphatic heterocycles. The molecule has 1 saturated heterocycles. The van der Waals surface area contributed by atoms with Crippen LogP contribution in [0.3, 0.4) is 0 Å². The van der Waals surface area contributed by atoms with Crippen LogP contribution in [0, 0.1) is 0 Å². The third-order valence-corrected chi connectivity index (χ3v) is 3.98. The minimum Gasteiger partial charge on any atom is -0.469 e. The fourth-order valence-corrected chi connectivity index (χ4v) is 2.54. The van der Waals surface area contributed by atoms with E-state index in [0.717, 1.165) is 11.1 Å². The minimum absolute atomic E-state index is 0.245. The number of rotatable bonds is 7. The summed E-state index contributed by atoms with van der Waals surface area (Å²) in [6.45, 7) is 0.515. The smallest absolute Gasteiger partial charge is 0.313 e. The molecule has 0 saturated carbocycles.